The molecule has 0 saturated heterocycles. The van der Waals surface area contributed by atoms with Gasteiger partial charge in [0, 0.05) is 30.4 Å². The highest BCUT2D eigenvalue weighted by Crippen LogP contribution is 2.25. The number of nitrogens with two attached hydrogens (primary N) is 3. The number of amides is 1. The summed E-state index contributed by atoms with van der Waals surface area (Å²) in [6, 6.07) is 3.38. The Kier molecular flexibility index (Phi) is 4.69. The summed E-state index contributed by atoms with van der Waals surface area (Å²) in [5.74, 6) is -0.774. The number of hydrogen-bond donors (Lipinski definition) is 5. The van der Waals surface area contributed by atoms with Crippen molar-refractivity contribution in [1.29, 1.82) is 0 Å². The second kappa shape index (κ2) is 5.89. The van der Waals surface area contributed by atoms with Gasteiger partial charge in [-0.25, -0.2) is 0 Å². The fourth-order valence-corrected chi connectivity index (χ4v) is 1.97. The predicted octanol–water partition coefficient (Wildman–Crippen LogP) is -1.29. The Morgan fingerprint density at radius 3 is 2.35 bits per heavy atom. The van der Waals surface area contributed by atoms with E-state index < -0.39 is 17.6 Å². The van der Waals surface area contributed by atoms with Gasteiger partial charge in [0.15, 0.2) is 11.8 Å². The molecule has 110 valence electrons. The molecule has 0 heterocycles. The topological polar surface area (TPSA) is 144 Å². The van der Waals surface area contributed by atoms with Crippen LogP contribution in [0.25, 0.3) is 0 Å². The molecule has 1 rings (SSSR count). The Hall–Kier alpha value is -2.12. The molecule has 1 amide bonds. The van der Waals surface area contributed by atoms with E-state index in [0.29, 0.717) is 16.9 Å². The van der Waals surface area contributed by atoms with Crippen molar-refractivity contribution < 1.29 is 14.7 Å². The molecule has 8 N–H and O–H groups in total. The number of anilines is 2. The van der Waals surface area contributed by atoms with Crippen molar-refractivity contribution in [3.8, 4) is 0 Å². The lowest BCUT2D eigenvalue weighted by Gasteiger charge is -2.27. The molecule has 0 saturated carbocycles. The lowest BCUT2D eigenvalue weighted by Crippen LogP contribution is -2.63. The summed E-state index contributed by atoms with van der Waals surface area (Å²) in [4.78, 5) is 22.7. The fraction of sp³-hybridized carbons (Fsp3) is 0.385. The van der Waals surface area contributed by atoms with Crippen molar-refractivity contribution in [2.75, 3.05) is 18.5 Å². The Balaban J connectivity index is 3.09. The Bertz CT molecular complexity index is 509. The zero-order valence-corrected chi connectivity index (χ0v) is 11.5. The Morgan fingerprint density at radius 1 is 1.45 bits per heavy atom. The Morgan fingerprint density at radius 2 is 1.95 bits per heavy atom. The van der Waals surface area contributed by atoms with Crippen molar-refractivity contribution in [3.63, 3.8) is 0 Å². The smallest absolute Gasteiger partial charge is 0.249 e. The van der Waals surface area contributed by atoms with Crippen LogP contribution in [0.15, 0.2) is 12.1 Å². The van der Waals surface area contributed by atoms with E-state index in [1.54, 1.807) is 12.1 Å². The van der Waals surface area contributed by atoms with E-state index in [-0.39, 0.29) is 12.7 Å². The number of aliphatic hydroxyl groups is 1. The van der Waals surface area contributed by atoms with E-state index in [4.69, 9.17) is 17.2 Å². The largest absolute Gasteiger partial charge is 0.398 e. The number of nitrogens with one attached hydrogen (secondary N) is 1. The van der Waals surface area contributed by atoms with Crippen LogP contribution in [0.3, 0.4) is 0 Å². The number of nitrogen functional groups attached to an aromatic ring is 2. The third-order valence-electron chi connectivity index (χ3n) is 3.23. The molecule has 2 atom stereocenters. The number of carbonyl (C=O) groups is 2. The molecular formula is C13H20N4O3. The zero-order valence-electron chi connectivity index (χ0n) is 11.5. The normalized spacial score (nSPS) is 15.2. The summed E-state index contributed by atoms with van der Waals surface area (Å²) in [5, 5.41) is 12.4. The first-order valence-electron chi connectivity index (χ1n) is 6.06. The summed E-state index contributed by atoms with van der Waals surface area (Å²) >= 11 is 0. The maximum atomic E-state index is 11.6. The SMILES string of the molecule is CNC(=O)C(N)(C=O)C(O)Cc1c(N)cc(C)cc1N. The summed E-state index contributed by atoms with van der Waals surface area (Å²) in [5.41, 5.74) is 17.4. The van der Waals surface area contributed by atoms with Gasteiger partial charge in [0.05, 0.1) is 6.10 Å². The van der Waals surface area contributed by atoms with Crippen LogP contribution in [-0.2, 0) is 16.0 Å². The van der Waals surface area contributed by atoms with Gasteiger partial charge in [-0.3, -0.25) is 4.79 Å². The van der Waals surface area contributed by atoms with Gasteiger partial charge in [0.2, 0.25) is 5.91 Å². The maximum Gasteiger partial charge on any atom is 0.249 e. The van der Waals surface area contributed by atoms with Crippen molar-refractivity contribution in [3.05, 3.63) is 23.3 Å². The average Bonchev–Trinajstić information content (AvgIpc) is 2.40. The van der Waals surface area contributed by atoms with Crippen LogP contribution in [-0.4, -0.2) is 36.0 Å². The molecule has 0 spiro atoms. The molecule has 7 heteroatoms. The standard InChI is InChI=1S/C13H20N4O3/c1-7-3-9(14)8(10(15)4-7)5-11(19)13(16,6-18)12(20)17-2/h3-4,6,11,19H,5,14-16H2,1-2H3,(H,17,20). The third-order valence-corrected chi connectivity index (χ3v) is 3.23. The summed E-state index contributed by atoms with van der Waals surface area (Å²) in [6.07, 6.45) is -1.32. The van der Waals surface area contributed by atoms with Crippen molar-refractivity contribution in [2.24, 2.45) is 5.73 Å². The number of rotatable bonds is 5. The highest BCUT2D eigenvalue weighted by Gasteiger charge is 2.41. The van der Waals surface area contributed by atoms with Gasteiger partial charge in [-0.15, -0.1) is 0 Å². The van der Waals surface area contributed by atoms with Crippen LogP contribution in [0.1, 0.15) is 11.1 Å². The molecule has 1 aromatic carbocycles. The van der Waals surface area contributed by atoms with Crippen LogP contribution < -0.4 is 22.5 Å². The van der Waals surface area contributed by atoms with E-state index >= 15 is 0 Å². The van der Waals surface area contributed by atoms with Crippen molar-refractivity contribution >= 4 is 23.6 Å². The van der Waals surface area contributed by atoms with E-state index in [9.17, 15) is 14.7 Å². The van der Waals surface area contributed by atoms with Gasteiger partial charge >= 0.3 is 0 Å². The minimum Gasteiger partial charge on any atom is -0.398 e. The lowest BCUT2D eigenvalue weighted by molar-refractivity contribution is -0.135. The molecule has 0 aromatic heterocycles. The van der Waals surface area contributed by atoms with Crippen LogP contribution in [0.2, 0.25) is 0 Å². The van der Waals surface area contributed by atoms with Gasteiger partial charge < -0.3 is 32.4 Å². The number of aliphatic hydroxyl groups excluding tert-OH is 1. The maximum absolute atomic E-state index is 11.6. The molecule has 20 heavy (non-hydrogen) atoms. The zero-order chi connectivity index (χ0) is 15.5. The van der Waals surface area contributed by atoms with Gasteiger partial charge in [-0.05, 0) is 24.6 Å². The van der Waals surface area contributed by atoms with Crippen LogP contribution in [0, 0.1) is 6.92 Å². The number of carbonyl (C=O) groups excluding carboxylic acids is 2. The monoisotopic (exact) mass is 280 g/mol. The molecule has 7 nitrogen and oxygen atoms in total. The molecule has 0 aliphatic carbocycles. The Labute approximate surface area is 117 Å². The molecule has 2 unspecified atom stereocenters. The number of benzene rings is 1. The predicted molar refractivity (Wildman–Crippen MR) is 76.8 cm³/mol. The second-order valence-corrected chi connectivity index (χ2v) is 4.77. The van der Waals surface area contributed by atoms with Gasteiger partial charge in [0.25, 0.3) is 0 Å². The van der Waals surface area contributed by atoms with Crippen molar-refractivity contribution in [2.45, 2.75) is 25.0 Å². The molecule has 0 aliphatic rings. The summed E-state index contributed by atoms with van der Waals surface area (Å²) in [6.45, 7) is 1.83. The first kappa shape index (κ1) is 15.9. The molecule has 0 radical (unpaired) electrons. The van der Waals surface area contributed by atoms with Crippen LogP contribution in [0.5, 0.6) is 0 Å². The molecule has 0 aliphatic heterocycles. The first-order chi connectivity index (χ1) is 9.26. The molecule has 0 bridgehead atoms. The number of likely N-dealkylation sites (N-methyl/N-ethyl adjacent to an activating group) is 1. The average molecular weight is 280 g/mol. The van der Waals surface area contributed by atoms with E-state index in [0.717, 1.165) is 5.56 Å². The minimum atomic E-state index is -2.04. The fourth-order valence-electron chi connectivity index (χ4n) is 1.97. The first-order valence-corrected chi connectivity index (χ1v) is 6.06. The van der Waals surface area contributed by atoms with E-state index in [1.807, 2.05) is 6.92 Å². The molecular weight excluding hydrogens is 260 g/mol. The van der Waals surface area contributed by atoms with E-state index in [2.05, 4.69) is 5.32 Å². The second-order valence-electron chi connectivity index (χ2n) is 4.77. The number of hydrogen-bond acceptors (Lipinski definition) is 6. The minimum absolute atomic E-state index is 0.0966. The number of aldehydes is 1. The third kappa shape index (κ3) is 2.89. The molecule has 1 aromatic rings. The quantitative estimate of drug-likeness (QED) is 0.258. The van der Waals surface area contributed by atoms with Crippen LogP contribution in [0.4, 0.5) is 11.4 Å². The van der Waals surface area contributed by atoms with E-state index in [1.165, 1.54) is 7.05 Å². The van der Waals surface area contributed by atoms with Crippen LogP contribution >= 0.6 is 0 Å². The summed E-state index contributed by atoms with van der Waals surface area (Å²) < 4.78 is 0. The van der Waals surface area contributed by atoms with Gasteiger partial charge in [0.1, 0.15) is 0 Å². The lowest BCUT2D eigenvalue weighted by atomic mass is 9.88. The highest BCUT2D eigenvalue weighted by molar-refractivity contribution is 6.02. The van der Waals surface area contributed by atoms with Gasteiger partial charge in [-0.2, -0.15) is 0 Å². The molecule has 0 fully saturated rings. The summed E-state index contributed by atoms with van der Waals surface area (Å²) in [7, 11) is 1.33. The van der Waals surface area contributed by atoms with Gasteiger partial charge in [-0.1, -0.05) is 0 Å². The number of aryl methyl sites for hydroxylation is 1. The highest BCUT2D eigenvalue weighted by atomic mass is 16.3. The van der Waals surface area contributed by atoms with Crippen molar-refractivity contribution in [1.82, 2.24) is 5.32 Å².